The van der Waals surface area contributed by atoms with Crippen LogP contribution in [0.1, 0.15) is 18.1 Å². The molecule has 0 spiro atoms. The summed E-state index contributed by atoms with van der Waals surface area (Å²) >= 11 is 0. The number of hydrogen-bond acceptors (Lipinski definition) is 6. The number of nitrogens with zero attached hydrogens (tertiary/aromatic N) is 1. The monoisotopic (exact) mass is 437 g/mol. The maximum atomic E-state index is 13.2. The minimum absolute atomic E-state index is 0.194. The van der Waals surface area contributed by atoms with E-state index in [0.29, 0.717) is 11.3 Å². The van der Waals surface area contributed by atoms with Crippen LogP contribution in [-0.4, -0.2) is 39.5 Å². The molecule has 0 fully saturated rings. The van der Waals surface area contributed by atoms with Gasteiger partial charge in [-0.3, -0.25) is 4.98 Å². The number of rotatable bonds is 6. The Bertz CT molecular complexity index is 1210. The zero-order valence-electron chi connectivity index (χ0n) is 17.5. The second-order valence-electron chi connectivity index (χ2n) is 7.36. The molecule has 2 heterocycles. The Kier molecular flexibility index (Phi) is 5.66. The first kappa shape index (κ1) is 21.2. The van der Waals surface area contributed by atoms with Gasteiger partial charge in [-0.05, 0) is 66.6 Å². The van der Waals surface area contributed by atoms with Crippen LogP contribution in [0, 0.1) is 0 Å². The van der Waals surface area contributed by atoms with E-state index >= 15 is 0 Å². The number of benzene rings is 2. The standard InChI is InChI=1S/C24H23NO5S/c1-24(23(28-2)29-3)16-21(17-11-13-25-14-12-17)20-15-19(9-10-22(20)30-24)31(26,27)18-7-5-4-6-8-18/h4-16,23H,1-3H3. The second kappa shape index (κ2) is 8.26. The van der Waals surface area contributed by atoms with Gasteiger partial charge in [0.25, 0.3) is 0 Å². The van der Waals surface area contributed by atoms with E-state index in [-0.39, 0.29) is 9.79 Å². The largest absolute Gasteiger partial charge is 0.477 e. The highest BCUT2D eigenvalue weighted by Gasteiger charge is 2.40. The van der Waals surface area contributed by atoms with Gasteiger partial charge in [-0.1, -0.05) is 18.2 Å². The molecule has 31 heavy (non-hydrogen) atoms. The summed E-state index contributed by atoms with van der Waals surface area (Å²) in [6, 6.07) is 17.0. The first-order chi connectivity index (χ1) is 14.9. The minimum Gasteiger partial charge on any atom is -0.477 e. The summed E-state index contributed by atoms with van der Waals surface area (Å²) in [5.41, 5.74) is 1.45. The number of hydrogen-bond donors (Lipinski definition) is 0. The maximum absolute atomic E-state index is 13.2. The van der Waals surface area contributed by atoms with Crippen LogP contribution >= 0.6 is 0 Å². The van der Waals surface area contributed by atoms with Crippen molar-refractivity contribution in [1.82, 2.24) is 4.98 Å². The number of ether oxygens (including phenoxy) is 3. The Morgan fingerprint density at radius 2 is 1.61 bits per heavy atom. The third-order valence-corrected chi connectivity index (χ3v) is 7.02. The molecule has 6 nitrogen and oxygen atoms in total. The van der Waals surface area contributed by atoms with E-state index < -0.39 is 21.7 Å². The molecule has 7 heteroatoms. The van der Waals surface area contributed by atoms with Gasteiger partial charge in [-0.25, -0.2) is 8.42 Å². The summed E-state index contributed by atoms with van der Waals surface area (Å²) in [5.74, 6) is 0.544. The molecule has 4 rings (SSSR count). The number of fused-ring (bicyclic) bond motifs is 1. The lowest BCUT2D eigenvalue weighted by atomic mass is 9.89. The van der Waals surface area contributed by atoms with Gasteiger partial charge in [-0.15, -0.1) is 0 Å². The molecule has 0 bridgehead atoms. The summed E-state index contributed by atoms with van der Waals surface area (Å²) in [5, 5.41) is 0. The van der Waals surface area contributed by atoms with Crippen molar-refractivity contribution in [2.45, 2.75) is 28.6 Å². The third kappa shape index (κ3) is 3.87. The quantitative estimate of drug-likeness (QED) is 0.540. The van der Waals surface area contributed by atoms with Crippen molar-refractivity contribution in [2.24, 2.45) is 0 Å². The maximum Gasteiger partial charge on any atom is 0.206 e. The van der Waals surface area contributed by atoms with E-state index in [9.17, 15) is 8.42 Å². The average molecular weight is 438 g/mol. The number of methoxy groups -OCH3 is 2. The van der Waals surface area contributed by atoms with Gasteiger partial charge in [0, 0.05) is 32.2 Å². The van der Waals surface area contributed by atoms with E-state index in [2.05, 4.69) is 4.98 Å². The van der Waals surface area contributed by atoms with Crippen molar-refractivity contribution in [3.05, 3.63) is 90.3 Å². The summed E-state index contributed by atoms with van der Waals surface area (Å²) in [7, 11) is -0.578. The van der Waals surface area contributed by atoms with Crippen LogP contribution in [0.25, 0.3) is 5.57 Å². The Labute approximate surface area is 182 Å². The average Bonchev–Trinajstić information content (AvgIpc) is 2.80. The zero-order chi connectivity index (χ0) is 22.1. The third-order valence-electron chi connectivity index (χ3n) is 5.25. The molecule has 0 amide bonds. The normalized spacial score (nSPS) is 18.3. The molecule has 1 aliphatic rings. The van der Waals surface area contributed by atoms with Crippen LogP contribution in [0.15, 0.2) is 88.9 Å². The van der Waals surface area contributed by atoms with Gasteiger partial charge < -0.3 is 14.2 Å². The molecular weight excluding hydrogens is 414 g/mol. The molecule has 2 aromatic carbocycles. The molecule has 0 aliphatic carbocycles. The van der Waals surface area contributed by atoms with Crippen LogP contribution < -0.4 is 4.74 Å². The van der Waals surface area contributed by atoms with Crippen LogP contribution in [0.3, 0.4) is 0 Å². The SMILES string of the molecule is COC(OC)C1(C)C=C(c2ccncc2)c2cc(S(=O)(=O)c3ccccc3)ccc2O1. The Morgan fingerprint density at radius 1 is 0.935 bits per heavy atom. The van der Waals surface area contributed by atoms with E-state index in [1.54, 1.807) is 75.1 Å². The van der Waals surface area contributed by atoms with Gasteiger partial charge in [0.1, 0.15) is 5.75 Å². The fourth-order valence-electron chi connectivity index (χ4n) is 3.79. The van der Waals surface area contributed by atoms with Crippen LogP contribution in [0.4, 0.5) is 0 Å². The summed E-state index contributed by atoms with van der Waals surface area (Å²) < 4.78 is 43.6. The fraction of sp³-hybridized carbons (Fsp3) is 0.208. The predicted molar refractivity (Wildman–Crippen MR) is 116 cm³/mol. The minimum atomic E-state index is -3.68. The first-order valence-electron chi connectivity index (χ1n) is 9.71. The topological polar surface area (TPSA) is 74.7 Å². The highest BCUT2D eigenvalue weighted by atomic mass is 32.2. The van der Waals surface area contributed by atoms with E-state index in [1.807, 2.05) is 25.1 Å². The number of pyridine rings is 1. The lowest BCUT2D eigenvalue weighted by Gasteiger charge is -2.38. The van der Waals surface area contributed by atoms with Crippen molar-refractivity contribution < 1.29 is 22.6 Å². The van der Waals surface area contributed by atoms with Crippen molar-refractivity contribution in [1.29, 1.82) is 0 Å². The molecule has 1 unspecified atom stereocenters. The van der Waals surface area contributed by atoms with Gasteiger partial charge in [-0.2, -0.15) is 0 Å². The molecule has 3 aromatic rings. The van der Waals surface area contributed by atoms with Crippen LogP contribution in [0.5, 0.6) is 5.75 Å². The van der Waals surface area contributed by atoms with Gasteiger partial charge in [0.15, 0.2) is 5.60 Å². The molecule has 160 valence electrons. The van der Waals surface area contributed by atoms with Gasteiger partial charge >= 0.3 is 0 Å². The van der Waals surface area contributed by atoms with Crippen molar-refractivity contribution >= 4 is 15.4 Å². The zero-order valence-corrected chi connectivity index (χ0v) is 18.3. The Balaban J connectivity index is 1.89. The molecule has 1 aromatic heterocycles. The highest BCUT2D eigenvalue weighted by Crippen LogP contribution is 2.42. The van der Waals surface area contributed by atoms with Crippen LogP contribution in [-0.2, 0) is 19.3 Å². The lowest BCUT2D eigenvalue weighted by Crippen LogP contribution is -2.47. The summed E-state index contributed by atoms with van der Waals surface area (Å²) in [6.45, 7) is 1.86. The van der Waals surface area contributed by atoms with Crippen LogP contribution in [0.2, 0.25) is 0 Å². The second-order valence-corrected chi connectivity index (χ2v) is 9.31. The Morgan fingerprint density at radius 3 is 2.26 bits per heavy atom. The molecule has 0 radical (unpaired) electrons. The smallest absolute Gasteiger partial charge is 0.206 e. The van der Waals surface area contributed by atoms with E-state index in [0.717, 1.165) is 11.1 Å². The summed E-state index contributed by atoms with van der Waals surface area (Å²) in [4.78, 5) is 4.53. The van der Waals surface area contributed by atoms with E-state index in [4.69, 9.17) is 14.2 Å². The van der Waals surface area contributed by atoms with Gasteiger partial charge in [0.05, 0.1) is 9.79 Å². The van der Waals surface area contributed by atoms with Crippen molar-refractivity contribution in [2.75, 3.05) is 14.2 Å². The number of aromatic nitrogens is 1. The highest BCUT2D eigenvalue weighted by molar-refractivity contribution is 7.91. The molecule has 0 saturated carbocycles. The Hall–Kier alpha value is -3.00. The van der Waals surface area contributed by atoms with E-state index in [1.165, 1.54) is 0 Å². The molecular formula is C24H23NO5S. The van der Waals surface area contributed by atoms with Crippen molar-refractivity contribution in [3.8, 4) is 5.75 Å². The first-order valence-corrected chi connectivity index (χ1v) is 11.2. The predicted octanol–water partition coefficient (Wildman–Crippen LogP) is 4.12. The summed E-state index contributed by atoms with van der Waals surface area (Å²) in [6.07, 6.45) is 4.63. The molecule has 0 saturated heterocycles. The molecule has 0 N–H and O–H groups in total. The van der Waals surface area contributed by atoms with Crippen molar-refractivity contribution in [3.63, 3.8) is 0 Å². The molecule has 1 atom stereocenters. The van der Waals surface area contributed by atoms with Gasteiger partial charge in [0.2, 0.25) is 16.1 Å². The molecule has 1 aliphatic heterocycles. The fourth-order valence-corrected chi connectivity index (χ4v) is 5.10. The number of sulfone groups is 1. The lowest BCUT2D eigenvalue weighted by molar-refractivity contribution is -0.180.